The summed E-state index contributed by atoms with van der Waals surface area (Å²) in [5.41, 5.74) is 5.40. The van der Waals surface area contributed by atoms with Gasteiger partial charge in [-0.2, -0.15) is 4.98 Å². The predicted molar refractivity (Wildman–Crippen MR) is 69.1 cm³/mol. The van der Waals surface area contributed by atoms with E-state index in [1.807, 2.05) is 4.90 Å². The predicted octanol–water partition coefficient (Wildman–Crippen LogP) is -0.473. The van der Waals surface area contributed by atoms with Crippen molar-refractivity contribution < 1.29 is 9.32 Å². The second-order valence-electron chi connectivity index (χ2n) is 5.30. The third-order valence-corrected chi connectivity index (χ3v) is 3.12. The molecule has 1 saturated heterocycles. The molecule has 1 atom stereocenters. The zero-order valence-electron chi connectivity index (χ0n) is 11.4. The van der Waals surface area contributed by atoms with Crippen LogP contribution in [0, 0.1) is 5.92 Å². The quantitative estimate of drug-likeness (QED) is 0.748. The number of hydrogen-bond acceptors (Lipinski definition) is 6. The molecule has 1 fully saturated rings. The van der Waals surface area contributed by atoms with E-state index in [-0.39, 0.29) is 11.9 Å². The summed E-state index contributed by atoms with van der Waals surface area (Å²) in [5, 5.41) is 7.10. The van der Waals surface area contributed by atoms with Crippen LogP contribution in [-0.2, 0) is 17.8 Å². The first-order valence-electron chi connectivity index (χ1n) is 6.62. The van der Waals surface area contributed by atoms with Crippen molar-refractivity contribution in [3.05, 3.63) is 11.7 Å². The lowest BCUT2D eigenvalue weighted by Crippen LogP contribution is -2.56. The molecule has 0 saturated carbocycles. The van der Waals surface area contributed by atoms with Gasteiger partial charge in [0.1, 0.15) is 6.04 Å². The lowest BCUT2D eigenvalue weighted by Gasteiger charge is -2.32. The van der Waals surface area contributed by atoms with E-state index < -0.39 is 0 Å². The van der Waals surface area contributed by atoms with Crippen LogP contribution in [-0.4, -0.2) is 46.6 Å². The maximum absolute atomic E-state index is 11.4. The Morgan fingerprint density at radius 1 is 1.63 bits per heavy atom. The summed E-state index contributed by atoms with van der Waals surface area (Å²) in [6.45, 7) is 6.83. The van der Waals surface area contributed by atoms with Crippen LogP contribution in [0.3, 0.4) is 0 Å². The number of nitrogens with two attached hydrogens (primary N) is 1. The van der Waals surface area contributed by atoms with Crippen LogP contribution in [0.2, 0.25) is 0 Å². The molecular formula is C12H21N5O2. The largest absolute Gasteiger partial charge is 0.368 e. The summed E-state index contributed by atoms with van der Waals surface area (Å²) in [7, 11) is 0. The Morgan fingerprint density at radius 2 is 2.42 bits per heavy atom. The lowest BCUT2D eigenvalue weighted by molar-refractivity contribution is -0.124. The van der Waals surface area contributed by atoms with Crippen molar-refractivity contribution in [2.24, 2.45) is 11.7 Å². The Bertz CT molecular complexity index is 432. The van der Waals surface area contributed by atoms with E-state index in [0.29, 0.717) is 24.9 Å². The van der Waals surface area contributed by atoms with E-state index in [1.165, 1.54) is 0 Å². The number of carbonyl (C=O) groups is 1. The van der Waals surface area contributed by atoms with Crippen molar-refractivity contribution in [2.75, 3.05) is 19.6 Å². The summed E-state index contributed by atoms with van der Waals surface area (Å²) in [6.07, 6.45) is 0.796. The molecule has 19 heavy (non-hydrogen) atoms. The summed E-state index contributed by atoms with van der Waals surface area (Å²) in [6, 6.07) is -0.311. The number of rotatable bonds is 5. The van der Waals surface area contributed by atoms with Gasteiger partial charge in [-0.25, -0.2) is 0 Å². The minimum Gasteiger partial charge on any atom is -0.368 e. The van der Waals surface area contributed by atoms with E-state index in [1.54, 1.807) is 0 Å². The van der Waals surface area contributed by atoms with Gasteiger partial charge < -0.3 is 15.6 Å². The molecule has 2 rings (SSSR count). The van der Waals surface area contributed by atoms with Gasteiger partial charge >= 0.3 is 0 Å². The first kappa shape index (κ1) is 14.0. The molecule has 1 aliphatic heterocycles. The van der Waals surface area contributed by atoms with Gasteiger partial charge in [0, 0.05) is 26.1 Å². The van der Waals surface area contributed by atoms with Crippen molar-refractivity contribution in [2.45, 2.75) is 32.9 Å². The van der Waals surface area contributed by atoms with Crippen molar-refractivity contribution >= 4 is 5.91 Å². The fourth-order valence-electron chi connectivity index (χ4n) is 2.19. The van der Waals surface area contributed by atoms with Crippen LogP contribution >= 0.6 is 0 Å². The molecule has 0 aliphatic carbocycles. The monoisotopic (exact) mass is 267 g/mol. The van der Waals surface area contributed by atoms with Gasteiger partial charge in [0.2, 0.25) is 11.8 Å². The average Bonchev–Trinajstić information content (AvgIpc) is 2.76. The molecular weight excluding hydrogens is 246 g/mol. The van der Waals surface area contributed by atoms with E-state index in [0.717, 1.165) is 25.3 Å². The molecule has 106 valence electrons. The van der Waals surface area contributed by atoms with E-state index >= 15 is 0 Å². The van der Waals surface area contributed by atoms with Crippen molar-refractivity contribution in [1.82, 2.24) is 20.4 Å². The van der Waals surface area contributed by atoms with E-state index in [9.17, 15) is 4.79 Å². The maximum atomic E-state index is 11.4. The molecule has 0 aromatic carbocycles. The molecule has 1 aliphatic rings. The van der Waals surface area contributed by atoms with Crippen LogP contribution in [0.5, 0.6) is 0 Å². The number of piperazine rings is 1. The topological polar surface area (TPSA) is 97.3 Å². The zero-order valence-corrected chi connectivity index (χ0v) is 11.4. The summed E-state index contributed by atoms with van der Waals surface area (Å²) in [4.78, 5) is 17.7. The Hall–Kier alpha value is -1.47. The zero-order chi connectivity index (χ0) is 13.8. The molecule has 1 amide bonds. The van der Waals surface area contributed by atoms with Gasteiger partial charge in [-0.1, -0.05) is 19.0 Å². The Balaban J connectivity index is 1.98. The SMILES string of the molecule is CC(C)Cc1noc(CN2CCNCC2C(N)=O)n1. The Labute approximate surface area is 112 Å². The normalized spacial score (nSPS) is 20.9. The highest BCUT2D eigenvalue weighted by molar-refractivity contribution is 5.80. The number of amides is 1. The highest BCUT2D eigenvalue weighted by Gasteiger charge is 2.28. The maximum Gasteiger partial charge on any atom is 0.240 e. The van der Waals surface area contributed by atoms with Gasteiger partial charge in [0.25, 0.3) is 0 Å². The number of carbonyl (C=O) groups excluding carboxylic acids is 1. The average molecular weight is 267 g/mol. The van der Waals surface area contributed by atoms with Gasteiger partial charge in [0.15, 0.2) is 5.82 Å². The summed E-state index contributed by atoms with van der Waals surface area (Å²) in [5.74, 6) is 1.43. The fourth-order valence-corrected chi connectivity index (χ4v) is 2.19. The molecule has 1 aromatic rings. The number of primary amides is 1. The molecule has 2 heterocycles. The summed E-state index contributed by atoms with van der Waals surface area (Å²) >= 11 is 0. The third kappa shape index (κ3) is 3.74. The second kappa shape index (κ2) is 6.12. The molecule has 0 bridgehead atoms. The Morgan fingerprint density at radius 3 is 3.11 bits per heavy atom. The molecule has 3 N–H and O–H groups in total. The van der Waals surface area contributed by atoms with Crippen LogP contribution < -0.4 is 11.1 Å². The van der Waals surface area contributed by atoms with Crippen LogP contribution in [0.25, 0.3) is 0 Å². The molecule has 7 nitrogen and oxygen atoms in total. The number of aromatic nitrogens is 2. The second-order valence-corrected chi connectivity index (χ2v) is 5.30. The molecule has 7 heteroatoms. The molecule has 1 unspecified atom stereocenters. The van der Waals surface area contributed by atoms with Gasteiger partial charge in [-0.15, -0.1) is 0 Å². The third-order valence-electron chi connectivity index (χ3n) is 3.12. The van der Waals surface area contributed by atoms with Crippen molar-refractivity contribution in [3.63, 3.8) is 0 Å². The highest BCUT2D eigenvalue weighted by Crippen LogP contribution is 2.10. The number of hydrogen-bond donors (Lipinski definition) is 2. The highest BCUT2D eigenvalue weighted by atomic mass is 16.5. The van der Waals surface area contributed by atoms with Gasteiger partial charge in [-0.05, 0) is 5.92 Å². The first-order valence-corrected chi connectivity index (χ1v) is 6.62. The lowest BCUT2D eigenvalue weighted by atomic mass is 10.1. The van der Waals surface area contributed by atoms with Crippen LogP contribution in [0.15, 0.2) is 4.52 Å². The van der Waals surface area contributed by atoms with Gasteiger partial charge in [0.05, 0.1) is 6.54 Å². The first-order chi connectivity index (χ1) is 9.06. The van der Waals surface area contributed by atoms with E-state index in [4.69, 9.17) is 10.3 Å². The van der Waals surface area contributed by atoms with Crippen molar-refractivity contribution in [1.29, 1.82) is 0 Å². The smallest absolute Gasteiger partial charge is 0.240 e. The number of nitrogens with one attached hydrogen (secondary N) is 1. The fraction of sp³-hybridized carbons (Fsp3) is 0.750. The molecule has 1 aromatic heterocycles. The minimum absolute atomic E-state index is 0.311. The number of nitrogens with zero attached hydrogens (tertiary/aromatic N) is 3. The van der Waals surface area contributed by atoms with Gasteiger partial charge in [-0.3, -0.25) is 9.69 Å². The van der Waals surface area contributed by atoms with E-state index in [2.05, 4.69) is 29.3 Å². The Kier molecular flexibility index (Phi) is 4.49. The van der Waals surface area contributed by atoms with Crippen LogP contribution in [0.1, 0.15) is 25.6 Å². The molecule has 0 spiro atoms. The van der Waals surface area contributed by atoms with Crippen LogP contribution in [0.4, 0.5) is 0 Å². The standard InChI is InChI=1S/C12H21N5O2/c1-8(2)5-10-15-11(19-16-10)7-17-4-3-14-6-9(17)12(13)18/h8-9,14H,3-7H2,1-2H3,(H2,13,18). The minimum atomic E-state index is -0.325. The molecule has 0 radical (unpaired) electrons. The summed E-state index contributed by atoms with van der Waals surface area (Å²) < 4.78 is 5.22. The van der Waals surface area contributed by atoms with Crippen molar-refractivity contribution in [3.8, 4) is 0 Å².